The minimum atomic E-state index is 0.156. The minimum Gasteiger partial charge on any atom is -0.493 e. The maximum atomic E-state index is 13.2. The molecule has 2 aromatic carbocycles. The second kappa shape index (κ2) is 10.8. The Morgan fingerprint density at radius 2 is 1.94 bits per heavy atom. The number of nitrogens with zero attached hydrogens (tertiary/aromatic N) is 4. The van der Waals surface area contributed by atoms with Crippen LogP contribution in [0.25, 0.3) is 11.1 Å². The molecule has 0 saturated carbocycles. The average Bonchev–Trinajstić information content (AvgIpc) is 3.37. The molecule has 184 valence electrons. The molecule has 5 rings (SSSR count). The van der Waals surface area contributed by atoms with Crippen LogP contribution in [-0.2, 0) is 17.8 Å². The zero-order valence-electron chi connectivity index (χ0n) is 21.0. The highest BCUT2D eigenvalue weighted by atomic mass is 16.5. The standard InChI is InChI=1S/C30H32N4O2/c1-22-9-5-14-29(23(22)2)36-18-8-15-30(35)34-17-7-12-27-26(11-6-13-28(27)34)24-19-32-33(20-24)21-25-10-3-4-16-31-25/h3-6,9-11,13-14,16,19-20H,7-8,12,15,17-18,21H2,1-2H3. The number of fused-ring (bicyclic) bond motifs is 1. The zero-order chi connectivity index (χ0) is 24.9. The summed E-state index contributed by atoms with van der Waals surface area (Å²) >= 11 is 0. The van der Waals surface area contributed by atoms with E-state index in [1.54, 1.807) is 6.20 Å². The first-order valence-electron chi connectivity index (χ1n) is 12.6. The lowest BCUT2D eigenvalue weighted by molar-refractivity contribution is -0.118. The van der Waals surface area contributed by atoms with E-state index in [4.69, 9.17) is 4.74 Å². The fraction of sp³-hybridized carbons (Fsp3) is 0.300. The highest BCUT2D eigenvalue weighted by Crippen LogP contribution is 2.35. The second-order valence-corrected chi connectivity index (χ2v) is 9.35. The van der Waals surface area contributed by atoms with Gasteiger partial charge < -0.3 is 9.64 Å². The number of aromatic nitrogens is 3. The van der Waals surface area contributed by atoms with Gasteiger partial charge in [-0.25, -0.2) is 0 Å². The molecule has 0 atom stereocenters. The van der Waals surface area contributed by atoms with Gasteiger partial charge in [0.1, 0.15) is 5.75 Å². The number of pyridine rings is 1. The predicted molar refractivity (Wildman–Crippen MR) is 142 cm³/mol. The second-order valence-electron chi connectivity index (χ2n) is 9.35. The number of hydrogen-bond acceptors (Lipinski definition) is 4. The van der Waals surface area contributed by atoms with Crippen LogP contribution >= 0.6 is 0 Å². The smallest absolute Gasteiger partial charge is 0.227 e. The van der Waals surface area contributed by atoms with Crippen LogP contribution in [-0.4, -0.2) is 33.8 Å². The molecule has 36 heavy (non-hydrogen) atoms. The number of rotatable bonds is 8. The Balaban J connectivity index is 1.25. The number of amides is 1. The van der Waals surface area contributed by atoms with Crippen LogP contribution in [0.5, 0.6) is 5.75 Å². The molecular formula is C30H32N4O2. The summed E-state index contributed by atoms with van der Waals surface area (Å²) in [6.45, 7) is 6.07. The normalized spacial score (nSPS) is 12.9. The maximum absolute atomic E-state index is 13.2. The monoisotopic (exact) mass is 480 g/mol. The highest BCUT2D eigenvalue weighted by molar-refractivity contribution is 5.96. The van der Waals surface area contributed by atoms with E-state index in [1.807, 2.05) is 52.2 Å². The molecule has 3 heterocycles. The van der Waals surface area contributed by atoms with Crippen LogP contribution in [0.15, 0.2) is 73.2 Å². The van der Waals surface area contributed by atoms with E-state index in [-0.39, 0.29) is 5.91 Å². The van der Waals surface area contributed by atoms with Crippen LogP contribution in [0.4, 0.5) is 5.69 Å². The quantitative estimate of drug-likeness (QED) is 0.301. The number of aryl methyl sites for hydroxylation is 1. The maximum Gasteiger partial charge on any atom is 0.227 e. The highest BCUT2D eigenvalue weighted by Gasteiger charge is 2.24. The third-order valence-electron chi connectivity index (χ3n) is 6.89. The Morgan fingerprint density at radius 3 is 2.81 bits per heavy atom. The number of hydrogen-bond donors (Lipinski definition) is 0. The van der Waals surface area contributed by atoms with E-state index in [0.717, 1.165) is 53.2 Å². The van der Waals surface area contributed by atoms with Crippen molar-refractivity contribution in [3.8, 4) is 16.9 Å². The first kappa shape index (κ1) is 23.8. The fourth-order valence-corrected chi connectivity index (χ4v) is 4.82. The Hall–Kier alpha value is -3.93. The van der Waals surface area contributed by atoms with Gasteiger partial charge in [-0.1, -0.05) is 30.3 Å². The summed E-state index contributed by atoms with van der Waals surface area (Å²) in [7, 11) is 0. The van der Waals surface area contributed by atoms with Gasteiger partial charge in [-0.05, 0) is 79.6 Å². The number of anilines is 1. The Labute approximate surface area is 212 Å². The van der Waals surface area contributed by atoms with Gasteiger partial charge in [-0.3, -0.25) is 14.5 Å². The minimum absolute atomic E-state index is 0.156. The summed E-state index contributed by atoms with van der Waals surface area (Å²) < 4.78 is 7.88. The van der Waals surface area contributed by atoms with Crippen LogP contribution in [0.2, 0.25) is 0 Å². The Kier molecular flexibility index (Phi) is 7.12. The molecule has 0 radical (unpaired) electrons. The van der Waals surface area contributed by atoms with Crippen LogP contribution in [0, 0.1) is 13.8 Å². The molecule has 0 bridgehead atoms. The van der Waals surface area contributed by atoms with Crippen molar-refractivity contribution < 1.29 is 9.53 Å². The number of benzene rings is 2. The summed E-state index contributed by atoms with van der Waals surface area (Å²) in [6, 6.07) is 18.2. The molecule has 0 saturated heterocycles. The fourth-order valence-electron chi connectivity index (χ4n) is 4.82. The van der Waals surface area contributed by atoms with Gasteiger partial charge in [0, 0.05) is 36.6 Å². The molecule has 0 spiro atoms. The molecule has 0 aliphatic carbocycles. The molecule has 1 amide bonds. The largest absolute Gasteiger partial charge is 0.493 e. The molecule has 6 nitrogen and oxygen atoms in total. The predicted octanol–water partition coefficient (Wildman–Crippen LogP) is 5.75. The first-order valence-corrected chi connectivity index (χ1v) is 12.6. The summed E-state index contributed by atoms with van der Waals surface area (Å²) in [5.41, 5.74) is 7.81. The molecule has 2 aromatic heterocycles. The lowest BCUT2D eigenvalue weighted by atomic mass is 9.93. The van der Waals surface area contributed by atoms with E-state index in [0.29, 0.717) is 26.0 Å². The van der Waals surface area contributed by atoms with Gasteiger partial charge in [-0.15, -0.1) is 0 Å². The SMILES string of the molecule is Cc1cccc(OCCCC(=O)N2CCCc3c(-c4cnn(Cc5ccccn5)c4)cccc32)c1C. The van der Waals surface area contributed by atoms with Crippen molar-refractivity contribution in [3.05, 3.63) is 95.6 Å². The van der Waals surface area contributed by atoms with Crippen LogP contribution in [0.3, 0.4) is 0 Å². The van der Waals surface area contributed by atoms with E-state index in [2.05, 4.69) is 48.3 Å². The lowest BCUT2D eigenvalue weighted by Crippen LogP contribution is -2.35. The number of carbonyl (C=O) groups excluding carboxylic acids is 1. The third-order valence-corrected chi connectivity index (χ3v) is 6.89. The molecule has 0 fully saturated rings. The van der Waals surface area contributed by atoms with E-state index >= 15 is 0 Å². The molecule has 0 unspecified atom stereocenters. The van der Waals surface area contributed by atoms with Crippen LogP contribution in [0.1, 0.15) is 41.6 Å². The number of carbonyl (C=O) groups is 1. The summed E-state index contributed by atoms with van der Waals surface area (Å²) in [6.07, 6.45) is 8.84. The molecule has 4 aromatic rings. The van der Waals surface area contributed by atoms with Crippen molar-refractivity contribution in [2.75, 3.05) is 18.1 Å². The molecule has 1 aliphatic heterocycles. The van der Waals surface area contributed by atoms with Crippen molar-refractivity contribution in [1.82, 2.24) is 14.8 Å². The molecular weight excluding hydrogens is 448 g/mol. The van der Waals surface area contributed by atoms with Crippen molar-refractivity contribution in [2.24, 2.45) is 0 Å². The summed E-state index contributed by atoms with van der Waals surface area (Å²) in [5.74, 6) is 1.06. The van der Waals surface area contributed by atoms with E-state index in [1.165, 1.54) is 11.1 Å². The van der Waals surface area contributed by atoms with Gasteiger partial charge in [0.25, 0.3) is 0 Å². The van der Waals surface area contributed by atoms with Gasteiger partial charge in [0.05, 0.1) is 25.0 Å². The Bertz CT molecular complexity index is 1350. The zero-order valence-corrected chi connectivity index (χ0v) is 21.0. The van der Waals surface area contributed by atoms with Gasteiger partial charge >= 0.3 is 0 Å². The molecule has 0 N–H and O–H groups in total. The van der Waals surface area contributed by atoms with Gasteiger partial charge in [0.15, 0.2) is 0 Å². The summed E-state index contributed by atoms with van der Waals surface area (Å²) in [4.78, 5) is 19.5. The van der Waals surface area contributed by atoms with Crippen molar-refractivity contribution in [3.63, 3.8) is 0 Å². The Morgan fingerprint density at radius 1 is 1.06 bits per heavy atom. The van der Waals surface area contributed by atoms with Crippen LogP contribution < -0.4 is 9.64 Å². The van der Waals surface area contributed by atoms with Gasteiger partial charge in [-0.2, -0.15) is 5.10 Å². The third kappa shape index (κ3) is 5.18. The topological polar surface area (TPSA) is 60.2 Å². The van der Waals surface area contributed by atoms with Crippen molar-refractivity contribution in [2.45, 2.75) is 46.1 Å². The molecule has 1 aliphatic rings. The average molecular weight is 481 g/mol. The van der Waals surface area contributed by atoms with Gasteiger partial charge in [0.2, 0.25) is 5.91 Å². The first-order chi connectivity index (χ1) is 17.6. The van der Waals surface area contributed by atoms with E-state index < -0.39 is 0 Å². The van der Waals surface area contributed by atoms with Crippen molar-refractivity contribution >= 4 is 11.6 Å². The molecule has 6 heteroatoms. The van der Waals surface area contributed by atoms with E-state index in [9.17, 15) is 4.79 Å². The van der Waals surface area contributed by atoms with Crippen molar-refractivity contribution in [1.29, 1.82) is 0 Å². The summed E-state index contributed by atoms with van der Waals surface area (Å²) in [5, 5.41) is 4.56. The lowest BCUT2D eigenvalue weighted by Gasteiger charge is -2.31. The number of ether oxygens (including phenoxy) is 1.